The van der Waals surface area contributed by atoms with Gasteiger partial charge in [-0.05, 0) is 31.1 Å². The molecule has 2 atom stereocenters. The van der Waals surface area contributed by atoms with E-state index >= 15 is 0 Å². The van der Waals surface area contributed by atoms with Crippen molar-refractivity contribution in [2.24, 2.45) is 11.8 Å². The minimum atomic E-state index is -0.761. The number of unbranched alkanes of at least 4 members (excludes halogenated alkanes) is 26. The Kier molecular flexibility index (Phi) is 39.8. The van der Waals surface area contributed by atoms with Crippen LogP contribution in [-0.2, 0) is 28.6 Å². The molecular formula is C48H92O6. The monoisotopic (exact) mass is 765 g/mol. The fourth-order valence-corrected chi connectivity index (χ4v) is 7.07. The normalized spacial score (nSPS) is 12.6. The lowest BCUT2D eigenvalue weighted by molar-refractivity contribution is -0.167. The predicted octanol–water partition coefficient (Wildman–Crippen LogP) is 15.0. The fourth-order valence-electron chi connectivity index (χ4n) is 7.07. The van der Waals surface area contributed by atoms with Gasteiger partial charge in [0.25, 0.3) is 0 Å². The molecule has 6 nitrogen and oxygen atoms in total. The number of hydrogen-bond donors (Lipinski definition) is 0. The Labute approximate surface area is 336 Å². The van der Waals surface area contributed by atoms with E-state index in [-0.39, 0.29) is 31.1 Å². The van der Waals surface area contributed by atoms with Crippen molar-refractivity contribution in [3.63, 3.8) is 0 Å². The largest absolute Gasteiger partial charge is 0.462 e. The molecule has 0 aliphatic carbocycles. The molecule has 0 amide bonds. The lowest BCUT2D eigenvalue weighted by Crippen LogP contribution is -2.30. The molecule has 320 valence electrons. The van der Waals surface area contributed by atoms with Crippen LogP contribution in [0.3, 0.4) is 0 Å². The molecule has 0 saturated heterocycles. The van der Waals surface area contributed by atoms with Crippen LogP contribution < -0.4 is 0 Å². The average molecular weight is 765 g/mol. The van der Waals surface area contributed by atoms with Crippen LogP contribution in [0.4, 0.5) is 0 Å². The van der Waals surface area contributed by atoms with Gasteiger partial charge in [-0.25, -0.2) is 0 Å². The first-order valence-corrected chi connectivity index (χ1v) is 23.8. The third-order valence-corrected chi connectivity index (χ3v) is 11.1. The van der Waals surface area contributed by atoms with Crippen LogP contribution in [0.15, 0.2) is 0 Å². The minimum Gasteiger partial charge on any atom is -0.462 e. The van der Waals surface area contributed by atoms with Gasteiger partial charge in [-0.3, -0.25) is 14.4 Å². The van der Waals surface area contributed by atoms with Gasteiger partial charge in [0, 0.05) is 19.3 Å². The summed E-state index contributed by atoms with van der Waals surface area (Å²) in [5.74, 6) is 0.792. The molecule has 6 heteroatoms. The van der Waals surface area contributed by atoms with Gasteiger partial charge in [-0.1, -0.05) is 221 Å². The molecule has 54 heavy (non-hydrogen) atoms. The van der Waals surface area contributed by atoms with Crippen LogP contribution >= 0.6 is 0 Å². The summed E-state index contributed by atoms with van der Waals surface area (Å²) in [5, 5.41) is 0. The maximum Gasteiger partial charge on any atom is 0.306 e. The van der Waals surface area contributed by atoms with Crippen LogP contribution in [0, 0.1) is 11.8 Å². The molecule has 0 aromatic carbocycles. The maximum atomic E-state index is 12.7. The van der Waals surface area contributed by atoms with Crippen LogP contribution in [0.25, 0.3) is 0 Å². The highest BCUT2D eigenvalue weighted by Crippen LogP contribution is 2.17. The lowest BCUT2D eigenvalue weighted by atomic mass is 9.99. The molecule has 0 fully saturated rings. The molecule has 0 rings (SSSR count). The van der Waals surface area contributed by atoms with E-state index in [0.717, 1.165) is 69.6 Å². The molecule has 0 aliphatic heterocycles. The van der Waals surface area contributed by atoms with Gasteiger partial charge < -0.3 is 14.2 Å². The van der Waals surface area contributed by atoms with Gasteiger partial charge in [-0.15, -0.1) is 0 Å². The first-order valence-electron chi connectivity index (χ1n) is 23.8. The Balaban J connectivity index is 4.34. The van der Waals surface area contributed by atoms with Crippen LogP contribution in [0.1, 0.15) is 259 Å². The zero-order valence-electron chi connectivity index (χ0n) is 36.8. The molecular weight excluding hydrogens is 673 g/mol. The van der Waals surface area contributed by atoms with E-state index in [1.807, 2.05) is 0 Å². The summed E-state index contributed by atoms with van der Waals surface area (Å²) >= 11 is 0. The Morgan fingerprint density at radius 2 is 0.704 bits per heavy atom. The van der Waals surface area contributed by atoms with Crippen molar-refractivity contribution in [1.82, 2.24) is 0 Å². The Bertz CT molecular complexity index is 826. The van der Waals surface area contributed by atoms with Gasteiger partial charge in [0.05, 0.1) is 0 Å². The Morgan fingerprint density at radius 3 is 1.06 bits per heavy atom. The summed E-state index contributed by atoms with van der Waals surface area (Å²) in [5.41, 5.74) is 0. The number of rotatable bonds is 42. The molecule has 0 spiro atoms. The third kappa shape index (κ3) is 40.1. The summed E-state index contributed by atoms with van der Waals surface area (Å²) in [7, 11) is 0. The first-order chi connectivity index (χ1) is 26.3. The summed E-state index contributed by atoms with van der Waals surface area (Å²) in [6.07, 6.45) is 39.4. The van der Waals surface area contributed by atoms with Crippen molar-refractivity contribution in [2.75, 3.05) is 13.2 Å². The molecule has 0 aliphatic rings. The van der Waals surface area contributed by atoms with E-state index in [1.54, 1.807) is 0 Å². The highest BCUT2D eigenvalue weighted by atomic mass is 16.6. The van der Waals surface area contributed by atoms with Gasteiger partial charge in [-0.2, -0.15) is 0 Å². The topological polar surface area (TPSA) is 78.9 Å². The Hall–Kier alpha value is -1.59. The molecule has 0 radical (unpaired) electrons. The lowest BCUT2D eigenvalue weighted by Gasteiger charge is -2.18. The summed E-state index contributed by atoms with van der Waals surface area (Å²) < 4.78 is 16.7. The van der Waals surface area contributed by atoms with Gasteiger partial charge in [0.2, 0.25) is 0 Å². The number of carbonyl (C=O) groups excluding carboxylic acids is 3. The van der Waals surface area contributed by atoms with E-state index in [9.17, 15) is 14.4 Å². The second kappa shape index (κ2) is 41.1. The van der Waals surface area contributed by atoms with E-state index in [0.29, 0.717) is 19.3 Å². The highest BCUT2D eigenvalue weighted by Gasteiger charge is 2.19. The first kappa shape index (κ1) is 52.4. The minimum absolute atomic E-state index is 0.0649. The zero-order valence-corrected chi connectivity index (χ0v) is 36.8. The molecule has 0 saturated carbocycles. The molecule has 0 heterocycles. The summed E-state index contributed by atoms with van der Waals surface area (Å²) in [6, 6.07) is 0. The van der Waals surface area contributed by atoms with Crippen molar-refractivity contribution >= 4 is 17.9 Å². The van der Waals surface area contributed by atoms with Gasteiger partial charge in [0.1, 0.15) is 13.2 Å². The second-order valence-electron chi connectivity index (χ2n) is 17.1. The molecule has 0 N–H and O–H groups in total. The molecule has 0 bridgehead atoms. The van der Waals surface area contributed by atoms with E-state index in [4.69, 9.17) is 14.2 Å². The van der Waals surface area contributed by atoms with Crippen LogP contribution in [0.2, 0.25) is 0 Å². The number of carbonyl (C=O) groups is 3. The van der Waals surface area contributed by atoms with E-state index in [2.05, 4.69) is 34.6 Å². The zero-order chi connectivity index (χ0) is 39.7. The van der Waals surface area contributed by atoms with Crippen molar-refractivity contribution in [3.8, 4) is 0 Å². The number of hydrogen-bond acceptors (Lipinski definition) is 6. The quantitative estimate of drug-likeness (QED) is 0.0350. The predicted molar refractivity (Wildman–Crippen MR) is 229 cm³/mol. The van der Waals surface area contributed by atoms with Gasteiger partial charge >= 0.3 is 17.9 Å². The van der Waals surface area contributed by atoms with Crippen molar-refractivity contribution in [3.05, 3.63) is 0 Å². The average Bonchev–Trinajstić information content (AvgIpc) is 3.15. The van der Waals surface area contributed by atoms with E-state index in [1.165, 1.54) is 148 Å². The number of esters is 3. The van der Waals surface area contributed by atoms with Crippen molar-refractivity contribution in [2.45, 2.75) is 265 Å². The third-order valence-electron chi connectivity index (χ3n) is 11.1. The molecule has 0 aromatic heterocycles. The maximum absolute atomic E-state index is 12.7. The van der Waals surface area contributed by atoms with Crippen molar-refractivity contribution < 1.29 is 28.6 Å². The molecule has 0 aromatic rings. The standard InChI is InChI=1S/C48H92O6/c1-6-8-9-10-11-12-13-14-18-23-28-33-38-46(49)52-41-45(42-53-47(50)39-34-29-25-20-21-26-31-36-43(3)4)54-48(51)40-35-30-24-19-16-15-17-22-27-32-37-44(5)7-2/h43-45H,6-42H2,1-5H3/t44?,45-/m1/s1. The fraction of sp³-hybridized carbons (Fsp3) is 0.938. The van der Waals surface area contributed by atoms with E-state index < -0.39 is 6.10 Å². The van der Waals surface area contributed by atoms with Crippen molar-refractivity contribution in [1.29, 1.82) is 0 Å². The van der Waals surface area contributed by atoms with Crippen LogP contribution in [-0.4, -0.2) is 37.2 Å². The summed E-state index contributed by atoms with van der Waals surface area (Å²) in [6.45, 7) is 11.3. The summed E-state index contributed by atoms with van der Waals surface area (Å²) in [4.78, 5) is 37.7. The smallest absolute Gasteiger partial charge is 0.306 e. The SMILES string of the molecule is CCCCCCCCCCCCCCC(=O)OC[C@H](COC(=O)CCCCCCCCCC(C)C)OC(=O)CCCCCCCCCCCCC(C)CC. The second-order valence-corrected chi connectivity index (χ2v) is 17.1. The molecule has 1 unspecified atom stereocenters. The highest BCUT2D eigenvalue weighted by molar-refractivity contribution is 5.71. The van der Waals surface area contributed by atoms with Crippen LogP contribution in [0.5, 0.6) is 0 Å². The van der Waals surface area contributed by atoms with Gasteiger partial charge in [0.15, 0.2) is 6.10 Å². The number of ether oxygens (including phenoxy) is 3. The Morgan fingerprint density at radius 1 is 0.389 bits per heavy atom.